The van der Waals surface area contributed by atoms with Gasteiger partial charge in [-0.2, -0.15) is 4.72 Å². The minimum atomic E-state index is -3.94. The van der Waals surface area contributed by atoms with Crippen molar-refractivity contribution >= 4 is 38.6 Å². The third kappa shape index (κ3) is 5.38. The quantitative estimate of drug-likeness (QED) is 0.293. The molecular weight excluding hydrogens is 454 g/mol. The lowest BCUT2D eigenvalue weighted by molar-refractivity contribution is -0.136. The fourth-order valence-corrected chi connectivity index (χ4v) is 4.69. The number of rotatable bonds is 8. The summed E-state index contributed by atoms with van der Waals surface area (Å²) in [5, 5.41) is 0.785. The highest BCUT2D eigenvalue weighted by molar-refractivity contribution is 7.89. The van der Waals surface area contributed by atoms with Gasteiger partial charge in [-0.3, -0.25) is 0 Å². The number of esters is 1. The molecule has 170 valence electrons. The molecule has 0 amide bonds. The summed E-state index contributed by atoms with van der Waals surface area (Å²) in [7, 11) is -3.94. The topological polar surface area (TPSA) is 103 Å². The zero-order chi connectivity index (χ0) is 23.5. The molecule has 3 aromatic rings. The van der Waals surface area contributed by atoms with Crippen LogP contribution in [0.4, 0.5) is 0 Å². The van der Waals surface area contributed by atoms with Crippen LogP contribution in [0.25, 0.3) is 11.0 Å². The lowest BCUT2D eigenvalue weighted by atomic mass is 10.1. The summed E-state index contributed by atoms with van der Waals surface area (Å²) in [6, 6.07) is 9.50. The molecule has 0 aliphatic carbocycles. The van der Waals surface area contributed by atoms with Gasteiger partial charge >= 0.3 is 11.6 Å². The second kappa shape index (κ2) is 9.85. The molecule has 3 rings (SSSR count). The first kappa shape index (κ1) is 24.0. The van der Waals surface area contributed by atoms with Gasteiger partial charge in [0.25, 0.3) is 0 Å². The number of benzene rings is 2. The summed E-state index contributed by atoms with van der Waals surface area (Å²) in [6.45, 7) is 5.57. The minimum Gasteiger partial charge on any atom is -0.424 e. The fraction of sp³-hybridized carbons (Fsp3) is 0.304. The first-order valence-corrected chi connectivity index (χ1v) is 12.1. The SMILES string of the molecule is CCCC(NS(=O)(=O)c1ccc(C)cc1)C(=O)Oc1cc2oc(=O)cc(CC)c2cc1Cl. The van der Waals surface area contributed by atoms with E-state index in [-0.39, 0.29) is 27.7 Å². The maximum atomic E-state index is 12.8. The van der Waals surface area contributed by atoms with E-state index >= 15 is 0 Å². The van der Waals surface area contributed by atoms with Crippen LogP contribution in [-0.4, -0.2) is 20.4 Å². The van der Waals surface area contributed by atoms with Crippen molar-refractivity contribution in [3.8, 4) is 5.75 Å². The summed E-state index contributed by atoms with van der Waals surface area (Å²) in [6.07, 6.45) is 1.36. The molecule has 0 saturated heterocycles. The Morgan fingerprint density at radius 3 is 2.47 bits per heavy atom. The van der Waals surface area contributed by atoms with Crippen LogP contribution in [0.15, 0.2) is 56.6 Å². The number of fused-ring (bicyclic) bond motifs is 1. The Balaban J connectivity index is 1.89. The maximum Gasteiger partial charge on any atom is 0.336 e. The molecule has 1 atom stereocenters. The van der Waals surface area contributed by atoms with Crippen LogP contribution in [-0.2, 0) is 21.2 Å². The van der Waals surface area contributed by atoms with Crippen molar-refractivity contribution in [3.05, 3.63) is 69.0 Å². The van der Waals surface area contributed by atoms with E-state index < -0.39 is 27.7 Å². The highest BCUT2D eigenvalue weighted by Crippen LogP contribution is 2.32. The van der Waals surface area contributed by atoms with Crippen LogP contribution >= 0.6 is 11.6 Å². The van der Waals surface area contributed by atoms with Gasteiger partial charge in [-0.25, -0.2) is 18.0 Å². The average molecular weight is 478 g/mol. The Labute approximate surface area is 191 Å². The summed E-state index contributed by atoms with van der Waals surface area (Å²) in [4.78, 5) is 24.7. The van der Waals surface area contributed by atoms with Crippen LogP contribution in [0.3, 0.4) is 0 Å². The molecule has 32 heavy (non-hydrogen) atoms. The first-order valence-electron chi connectivity index (χ1n) is 10.2. The highest BCUT2D eigenvalue weighted by atomic mass is 35.5. The van der Waals surface area contributed by atoms with Gasteiger partial charge in [-0.15, -0.1) is 0 Å². The second-order valence-electron chi connectivity index (χ2n) is 7.42. The molecule has 2 aromatic carbocycles. The Morgan fingerprint density at radius 1 is 1.16 bits per heavy atom. The molecule has 0 spiro atoms. The number of sulfonamides is 1. The van der Waals surface area contributed by atoms with E-state index in [1.165, 1.54) is 24.3 Å². The van der Waals surface area contributed by atoms with Crippen LogP contribution in [0.5, 0.6) is 5.75 Å². The van der Waals surface area contributed by atoms with Gasteiger partial charge in [0.1, 0.15) is 11.6 Å². The number of carbonyl (C=O) groups excluding carboxylic acids is 1. The molecule has 1 aromatic heterocycles. The van der Waals surface area contributed by atoms with Gasteiger partial charge in [-0.1, -0.05) is 49.6 Å². The van der Waals surface area contributed by atoms with E-state index in [0.717, 1.165) is 11.1 Å². The van der Waals surface area contributed by atoms with Crippen LogP contribution in [0.1, 0.15) is 37.8 Å². The van der Waals surface area contributed by atoms with Crippen molar-refractivity contribution in [2.75, 3.05) is 0 Å². The van der Waals surface area contributed by atoms with E-state index in [2.05, 4.69) is 4.72 Å². The predicted octanol–water partition coefficient (Wildman–Crippen LogP) is 4.37. The van der Waals surface area contributed by atoms with Gasteiger partial charge < -0.3 is 9.15 Å². The molecule has 9 heteroatoms. The molecule has 0 bridgehead atoms. The van der Waals surface area contributed by atoms with Crippen molar-refractivity contribution < 1.29 is 22.4 Å². The number of ether oxygens (including phenoxy) is 1. The Hall–Kier alpha value is -2.68. The summed E-state index contributed by atoms with van der Waals surface area (Å²) < 4.78 is 38.5. The van der Waals surface area contributed by atoms with Crippen molar-refractivity contribution in [2.24, 2.45) is 0 Å². The molecule has 7 nitrogen and oxygen atoms in total. The Bertz CT molecular complexity index is 1300. The molecular formula is C23H24ClNO6S. The third-order valence-electron chi connectivity index (χ3n) is 4.96. The smallest absolute Gasteiger partial charge is 0.336 e. The largest absolute Gasteiger partial charge is 0.424 e. The van der Waals surface area contributed by atoms with Gasteiger partial charge in [0.05, 0.1) is 9.92 Å². The molecule has 0 radical (unpaired) electrons. The van der Waals surface area contributed by atoms with Crippen LogP contribution in [0, 0.1) is 6.92 Å². The second-order valence-corrected chi connectivity index (χ2v) is 9.54. The zero-order valence-corrected chi connectivity index (χ0v) is 19.5. The van der Waals surface area contributed by atoms with Crippen molar-refractivity contribution in [1.29, 1.82) is 0 Å². The molecule has 1 N–H and O–H groups in total. The lowest BCUT2D eigenvalue weighted by Crippen LogP contribution is -2.42. The van der Waals surface area contributed by atoms with Crippen molar-refractivity contribution in [2.45, 2.75) is 51.0 Å². The van der Waals surface area contributed by atoms with E-state index in [9.17, 15) is 18.0 Å². The Morgan fingerprint density at radius 2 is 1.84 bits per heavy atom. The summed E-state index contributed by atoms with van der Waals surface area (Å²) in [5.74, 6) is -0.825. The van der Waals surface area contributed by atoms with E-state index in [0.29, 0.717) is 18.2 Å². The molecule has 0 fully saturated rings. The predicted molar refractivity (Wildman–Crippen MR) is 123 cm³/mol. The lowest BCUT2D eigenvalue weighted by Gasteiger charge is -2.18. The summed E-state index contributed by atoms with van der Waals surface area (Å²) in [5.41, 5.74) is 1.38. The van der Waals surface area contributed by atoms with E-state index in [1.54, 1.807) is 18.2 Å². The van der Waals surface area contributed by atoms with E-state index in [1.807, 2.05) is 20.8 Å². The van der Waals surface area contributed by atoms with Crippen LogP contribution < -0.4 is 15.1 Å². The standard InChI is InChI=1S/C23H24ClNO6S/c1-4-6-19(25-32(28,29)16-9-7-14(3)8-10-16)23(27)31-21-13-20-17(12-18(21)24)15(5-2)11-22(26)30-20/h7-13,19,25H,4-6H2,1-3H3. The maximum absolute atomic E-state index is 12.8. The molecule has 0 aliphatic heterocycles. The normalized spacial score (nSPS) is 12.6. The number of halogens is 1. The molecule has 0 aliphatic rings. The monoisotopic (exact) mass is 477 g/mol. The average Bonchev–Trinajstić information content (AvgIpc) is 2.74. The highest BCUT2D eigenvalue weighted by Gasteiger charge is 2.27. The number of hydrogen-bond acceptors (Lipinski definition) is 6. The number of hydrogen-bond donors (Lipinski definition) is 1. The fourth-order valence-electron chi connectivity index (χ4n) is 3.26. The minimum absolute atomic E-state index is 0.0174. The van der Waals surface area contributed by atoms with Gasteiger partial charge in [-0.05, 0) is 43.5 Å². The van der Waals surface area contributed by atoms with Gasteiger partial charge in [0.15, 0.2) is 5.75 Å². The first-order chi connectivity index (χ1) is 15.1. The van der Waals surface area contributed by atoms with Crippen LogP contribution in [0.2, 0.25) is 5.02 Å². The molecule has 1 unspecified atom stereocenters. The number of carbonyl (C=O) groups is 1. The van der Waals surface area contributed by atoms with Gasteiger partial charge in [0, 0.05) is 17.5 Å². The molecule has 0 saturated carbocycles. The number of aryl methyl sites for hydroxylation is 2. The Kier molecular flexibility index (Phi) is 7.38. The van der Waals surface area contributed by atoms with Crippen molar-refractivity contribution in [1.82, 2.24) is 4.72 Å². The van der Waals surface area contributed by atoms with Crippen molar-refractivity contribution in [3.63, 3.8) is 0 Å². The van der Waals surface area contributed by atoms with E-state index in [4.69, 9.17) is 20.8 Å². The zero-order valence-electron chi connectivity index (χ0n) is 18.0. The van der Waals surface area contributed by atoms with Gasteiger partial charge in [0.2, 0.25) is 10.0 Å². The number of nitrogens with one attached hydrogen (secondary N) is 1. The summed E-state index contributed by atoms with van der Waals surface area (Å²) >= 11 is 6.31. The molecule has 1 heterocycles. The third-order valence-corrected chi connectivity index (χ3v) is 6.75.